The number of carbonyl (C=O) groups is 1. The number of carbonyl (C=O) groups excluding carboxylic acids is 1. The van der Waals surface area contributed by atoms with Gasteiger partial charge in [0.15, 0.2) is 4.80 Å². The molecule has 0 saturated heterocycles. The summed E-state index contributed by atoms with van der Waals surface area (Å²) in [5, 5.41) is 0. The number of aromatic nitrogens is 1. The molecule has 0 atom stereocenters. The molecule has 2 aromatic carbocycles. The third-order valence-corrected chi connectivity index (χ3v) is 7.97. The molecular formula is C23H25N3O3S2. The van der Waals surface area contributed by atoms with Crippen LogP contribution in [0.15, 0.2) is 71.6 Å². The van der Waals surface area contributed by atoms with Crippen LogP contribution in [0.5, 0.6) is 0 Å². The Balaban J connectivity index is 1.94. The van der Waals surface area contributed by atoms with Crippen molar-refractivity contribution in [1.29, 1.82) is 0 Å². The summed E-state index contributed by atoms with van der Waals surface area (Å²) in [6, 6.07) is 10.0. The molecule has 3 rings (SSSR count). The van der Waals surface area contributed by atoms with Gasteiger partial charge in [0.2, 0.25) is 10.0 Å². The van der Waals surface area contributed by atoms with Crippen molar-refractivity contribution in [3.8, 4) is 0 Å². The molecule has 0 saturated carbocycles. The Labute approximate surface area is 186 Å². The molecule has 0 N–H and O–H groups in total. The Morgan fingerprint density at radius 2 is 1.68 bits per heavy atom. The van der Waals surface area contributed by atoms with E-state index in [-0.39, 0.29) is 18.0 Å². The molecule has 1 heterocycles. The van der Waals surface area contributed by atoms with Gasteiger partial charge in [-0.3, -0.25) is 4.79 Å². The van der Waals surface area contributed by atoms with Crippen LogP contribution < -0.4 is 4.80 Å². The SMILES string of the molecule is C=CCN(CC=C)S(=O)(=O)c1ccc(C(=O)N=c2sc3cc(C)c(C)cc3n2C)cc1. The van der Waals surface area contributed by atoms with Crippen molar-refractivity contribution in [2.75, 3.05) is 13.1 Å². The van der Waals surface area contributed by atoms with Crippen LogP contribution in [0.3, 0.4) is 0 Å². The van der Waals surface area contributed by atoms with Gasteiger partial charge in [-0.05, 0) is 61.4 Å². The third-order valence-electron chi connectivity index (χ3n) is 5.03. The quantitative estimate of drug-likeness (QED) is 0.506. The van der Waals surface area contributed by atoms with E-state index in [1.807, 2.05) is 11.6 Å². The van der Waals surface area contributed by atoms with Crippen LogP contribution in [0.25, 0.3) is 10.2 Å². The maximum atomic E-state index is 12.8. The largest absolute Gasteiger partial charge is 0.319 e. The Hall–Kier alpha value is -2.81. The van der Waals surface area contributed by atoms with Crippen LogP contribution in [0.1, 0.15) is 21.5 Å². The van der Waals surface area contributed by atoms with Crippen LogP contribution in [0, 0.1) is 13.8 Å². The first-order valence-electron chi connectivity index (χ1n) is 9.67. The lowest BCUT2D eigenvalue weighted by Crippen LogP contribution is -2.31. The van der Waals surface area contributed by atoms with E-state index in [1.54, 1.807) is 0 Å². The third kappa shape index (κ3) is 4.61. The smallest absolute Gasteiger partial charge is 0.279 e. The summed E-state index contributed by atoms with van der Waals surface area (Å²) < 4.78 is 29.8. The average Bonchev–Trinajstić information content (AvgIpc) is 3.02. The summed E-state index contributed by atoms with van der Waals surface area (Å²) in [5.74, 6) is -0.423. The van der Waals surface area contributed by atoms with Crippen LogP contribution >= 0.6 is 11.3 Å². The van der Waals surface area contributed by atoms with E-state index in [0.717, 1.165) is 10.2 Å². The van der Waals surface area contributed by atoms with Crippen molar-refractivity contribution in [3.63, 3.8) is 0 Å². The van der Waals surface area contributed by atoms with Gasteiger partial charge in [-0.25, -0.2) is 8.42 Å². The van der Waals surface area contributed by atoms with Crippen LogP contribution in [0.2, 0.25) is 0 Å². The fourth-order valence-electron chi connectivity index (χ4n) is 3.11. The molecule has 1 amide bonds. The summed E-state index contributed by atoms with van der Waals surface area (Å²) in [6.07, 6.45) is 3.04. The van der Waals surface area contributed by atoms with E-state index in [0.29, 0.717) is 10.4 Å². The second kappa shape index (κ2) is 9.13. The van der Waals surface area contributed by atoms with Crippen molar-refractivity contribution in [1.82, 2.24) is 8.87 Å². The number of rotatable bonds is 7. The Morgan fingerprint density at radius 3 is 2.26 bits per heavy atom. The average molecular weight is 456 g/mol. The lowest BCUT2D eigenvalue weighted by atomic mass is 10.1. The van der Waals surface area contributed by atoms with E-state index in [9.17, 15) is 13.2 Å². The molecule has 0 aliphatic carbocycles. The molecule has 31 heavy (non-hydrogen) atoms. The Morgan fingerprint density at radius 1 is 1.10 bits per heavy atom. The minimum absolute atomic E-state index is 0.103. The van der Waals surface area contributed by atoms with E-state index in [2.05, 4.69) is 44.1 Å². The molecule has 0 unspecified atom stereocenters. The van der Waals surface area contributed by atoms with Gasteiger partial charge in [-0.1, -0.05) is 23.5 Å². The molecule has 0 bridgehead atoms. The highest BCUT2D eigenvalue weighted by Crippen LogP contribution is 2.21. The molecule has 6 nitrogen and oxygen atoms in total. The van der Waals surface area contributed by atoms with E-state index < -0.39 is 15.9 Å². The lowest BCUT2D eigenvalue weighted by Gasteiger charge is -2.19. The van der Waals surface area contributed by atoms with Gasteiger partial charge < -0.3 is 4.57 Å². The molecule has 0 spiro atoms. The highest BCUT2D eigenvalue weighted by atomic mass is 32.2. The zero-order valence-corrected chi connectivity index (χ0v) is 19.5. The molecule has 0 aliphatic rings. The predicted molar refractivity (Wildman–Crippen MR) is 126 cm³/mol. The van der Waals surface area contributed by atoms with Crippen molar-refractivity contribution >= 4 is 37.5 Å². The zero-order valence-electron chi connectivity index (χ0n) is 17.8. The first-order chi connectivity index (χ1) is 14.7. The second-order valence-corrected chi connectivity index (χ2v) is 10.1. The Kier molecular flexibility index (Phi) is 6.74. The highest BCUT2D eigenvalue weighted by Gasteiger charge is 2.22. The minimum atomic E-state index is -3.71. The highest BCUT2D eigenvalue weighted by molar-refractivity contribution is 7.89. The minimum Gasteiger partial charge on any atom is -0.319 e. The van der Waals surface area contributed by atoms with Gasteiger partial charge in [-0.15, -0.1) is 13.2 Å². The molecule has 0 radical (unpaired) electrons. The van der Waals surface area contributed by atoms with Gasteiger partial charge in [0.1, 0.15) is 0 Å². The normalized spacial score (nSPS) is 12.5. The van der Waals surface area contributed by atoms with Crippen molar-refractivity contribution in [2.24, 2.45) is 12.0 Å². The number of aryl methyl sites for hydroxylation is 3. The number of hydrogen-bond donors (Lipinski definition) is 0. The fourth-order valence-corrected chi connectivity index (χ4v) is 5.59. The summed E-state index contributed by atoms with van der Waals surface area (Å²) in [4.78, 5) is 17.7. The van der Waals surface area contributed by atoms with Crippen molar-refractivity contribution in [3.05, 3.63) is 83.2 Å². The summed E-state index contributed by atoms with van der Waals surface area (Å²) in [7, 11) is -1.83. The zero-order chi connectivity index (χ0) is 22.8. The maximum Gasteiger partial charge on any atom is 0.279 e. The molecule has 3 aromatic rings. The first-order valence-corrected chi connectivity index (χ1v) is 11.9. The summed E-state index contributed by atoms with van der Waals surface area (Å²) in [6.45, 7) is 11.7. The molecule has 0 aliphatic heterocycles. The van der Waals surface area contributed by atoms with Crippen LogP contribution in [-0.2, 0) is 17.1 Å². The standard InChI is InChI=1S/C23H25N3O3S2/c1-6-12-26(13-7-2)31(28,29)19-10-8-18(9-11-19)22(27)24-23-25(5)20-14-16(3)17(4)15-21(20)30-23/h6-11,14-15H,1-2,12-13H2,3-5H3. The van der Waals surface area contributed by atoms with E-state index in [4.69, 9.17) is 0 Å². The van der Waals surface area contributed by atoms with Gasteiger partial charge in [0, 0.05) is 25.7 Å². The summed E-state index contributed by atoms with van der Waals surface area (Å²) >= 11 is 1.45. The number of fused-ring (bicyclic) bond motifs is 1. The monoisotopic (exact) mass is 455 g/mol. The van der Waals surface area contributed by atoms with Crippen LogP contribution in [0.4, 0.5) is 0 Å². The van der Waals surface area contributed by atoms with Crippen molar-refractivity contribution in [2.45, 2.75) is 18.7 Å². The molecule has 1 aromatic heterocycles. The number of nitrogens with zero attached hydrogens (tertiary/aromatic N) is 3. The van der Waals surface area contributed by atoms with Gasteiger partial charge in [0.05, 0.1) is 15.1 Å². The number of amides is 1. The Bertz CT molecular complexity index is 1320. The molecule has 8 heteroatoms. The number of benzene rings is 2. The first kappa shape index (κ1) is 22.9. The number of hydrogen-bond acceptors (Lipinski definition) is 4. The summed E-state index contributed by atoms with van der Waals surface area (Å²) in [5.41, 5.74) is 3.71. The fraction of sp³-hybridized carbons (Fsp3) is 0.217. The molecular weight excluding hydrogens is 430 g/mol. The van der Waals surface area contributed by atoms with E-state index >= 15 is 0 Å². The van der Waals surface area contributed by atoms with Crippen LogP contribution in [-0.4, -0.2) is 36.3 Å². The topological polar surface area (TPSA) is 71.7 Å². The van der Waals surface area contributed by atoms with Gasteiger partial charge in [0.25, 0.3) is 5.91 Å². The van der Waals surface area contributed by atoms with E-state index in [1.165, 1.54) is 63.2 Å². The lowest BCUT2D eigenvalue weighted by molar-refractivity contribution is 0.0998. The maximum absolute atomic E-state index is 12.8. The van der Waals surface area contributed by atoms with Gasteiger partial charge in [-0.2, -0.15) is 9.30 Å². The second-order valence-electron chi connectivity index (χ2n) is 7.19. The number of sulfonamides is 1. The van der Waals surface area contributed by atoms with Crippen molar-refractivity contribution < 1.29 is 13.2 Å². The predicted octanol–water partition coefficient (Wildman–Crippen LogP) is 3.96. The molecule has 162 valence electrons. The number of thiazole rings is 1. The molecule has 0 fully saturated rings. The van der Waals surface area contributed by atoms with Gasteiger partial charge >= 0.3 is 0 Å².